The summed E-state index contributed by atoms with van der Waals surface area (Å²) in [7, 11) is 1.58. The molecule has 6 nitrogen and oxygen atoms in total. The van der Waals surface area contributed by atoms with E-state index in [2.05, 4.69) is 5.16 Å². The van der Waals surface area contributed by atoms with E-state index in [9.17, 15) is 14.0 Å². The fourth-order valence-electron chi connectivity index (χ4n) is 3.51. The lowest BCUT2D eigenvalue weighted by molar-refractivity contribution is -0.129. The zero-order valence-corrected chi connectivity index (χ0v) is 17.4. The number of rotatable bonds is 7. The molecule has 1 heterocycles. The second kappa shape index (κ2) is 9.43. The van der Waals surface area contributed by atoms with Gasteiger partial charge in [0.05, 0.1) is 19.9 Å². The van der Waals surface area contributed by atoms with Gasteiger partial charge in [-0.1, -0.05) is 47.6 Å². The van der Waals surface area contributed by atoms with Crippen LogP contribution in [0.3, 0.4) is 0 Å². The third kappa shape index (κ3) is 4.51. The van der Waals surface area contributed by atoms with Crippen LogP contribution in [0.5, 0.6) is 5.75 Å². The molecule has 0 aromatic heterocycles. The van der Waals surface area contributed by atoms with Crippen LogP contribution in [-0.4, -0.2) is 30.0 Å². The van der Waals surface area contributed by atoms with Gasteiger partial charge in [-0.15, -0.1) is 0 Å². The minimum Gasteiger partial charge on any atom is -0.497 e. The number of fused-ring (bicyclic) bond motifs is 1. The lowest BCUT2D eigenvalue weighted by atomic mass is 9.89. The van der Waals surface area contributed by atoms with Crippen molar-refractivity contribution in [3.8, 4) is 5.75 Å². The molecule has 1 unspecified atom stereocenters. The maximum atomic E-state index is 13.2. The van der Waals surface area contributed by atoms with Crippen molar-refractivity contribution >= 4 is 18.0 Å². The van der Waals surface area contributed by atoms with Gasteiger partial charge in [0, 0.05) is 5.56 Å². The first-order valence-electron chi connectivity index (χ1n) is 10.0. The Morgan fingerprint density at radius 2 is 1.66 bits per heavy atom. The summed E-state index contributed by atoms with van der Waals surface area (Å²) < 4.78 is 18.2. The molecule has 0 spiro atoms. The molecule has 0 saturated carbocycles. The summed E-state index contributed by atoms with van der Waals surface area (Å²) in [5, 5.41) is 3.96. The van der Waals surface area contributed by atoms with Crippen molar-refractivity contribution in [2.75, 3.05) is 7.11 Å². The minimum atomic E-state index is -0.754. The number of carbonyl (C=O) groups is 2. The summed E-state index contributed by atoms with van der Waals surface area (Å²) in [5.41, 5.74) is 2.59. The van der Waals surface area contributed by atoms with Gasteiger partial charge in [0.15, 0.2) is 0 Å². The van der Waals surface area contributed by atoms with Crippen LogP contribution < -0.4 is 4.74 Å². The first-order valence-corrected chi connectivity index (χ1v) is 10.0. The van der Waals surface area contributed by atoms with Crippen LogP contribution >= 0.6 is 0 Å². The Balaban J connectivity index is 1.53. The number of hydrogen-bond donors (Lipinski definition) is 0. The van der Waals surface area contributed by atoms with Crippen LogP contribution in [0.4, 0.5) is 4.39 Å². The molecule has 0 fully saturated rings. The number of ether oxygens (including phenoxy) is 1. The van der Waals surface area contributed by atoms with Gasteiger partial charge < -0.3 is 9.57 Å². The van der Waals surface area contributed by atoms with Gasteiger partial charge in [0.25, 0.3) is 5.91 Å². The Hall–Kier alpha value is -4.00. The summed E-state index contributed by atoms with van der Waals surface area (Å²) in [5.74, 6) is -1.12. The monoisotopic (exact) mass is 432 g/mol. The average molecular weight is 432 g/mol. The highest BCUT2D eigenvalue weighted by atomic mass is 19.1. The smallest absolute Gasteiger partial charge is 0.261 e. The highest BCUT2D eigenvalue weighted by Gasteiger charge is 2.37. The van der Waals surface area contributed by atoms with E-state index in [1.807, 2.05) is 12.1 Å². The Morgan fingerprint density at radius 3 is 2.38 bits per heavy atom. The normalized spacial score (nSPS) is 15.7. The predicted molar refractivity (Wildman–Crippen MR) is 117 cm³/mol. The van der Waals surface area contributed by atoms with E-state index in [-0.39, 0.29) is 30.8 Å². The maximum absolute atomic E-state index is 13.2. The van der Waals surface area contributed by atoms with Crippen LogP contribution in [0.1, 0.15) is 33.0 Å². The molecule has 2 amide bonds. The fraction of sp³-hybridized carbons (Fsp3) is 0.160. The minimum absolute atomic E-state index is 0.133. The molecule has 3 aromatic rings. The van der Waals surface area contributed by atoms with E-state index in [1.165, 1.54) is 23.2 Å². The van der Waals surface area contributed by atoms with Crippen molar-refractivity contribution in [3.05, 3.63) is 101 Å². The quantitative estimate of drug-likeness (QED) is 0.317. The van der Waals surface area contributed by atoms with Gasteiger partial charge in [-0.3, -0.25) is 14.5 Å². The van der Waals surface area contributed by atoms with Gasteiger partial charge in [0.1, 0.15) is 24.1 Å². The summed E-state index contributed by atoms with van der Waals surface area (Å²) in [4.78, 5) is 32.8. The molecule has 162 valence electrons. The topological polar surface area (TPSA) is 68.2 Å². The lowest BCUT2D eigenvalue weighted by Gasteiger charge is -2.30. The van der Waals surface area contributed by atoms with Gasteiger partial charge in [0.2, 0.25) is 5.91 Å². The molecular weight excluding hydrogens is 411 g/mol. The highest BCUT2D eigenvalue weighted by Crippen LogP contribution is 2.29. The number of oxime groups is 1. The Labute approximate surface area is 184 Å². The fourth-order valence-corrected chi connectivity index (χ4v) is 3.51. The third-order valence-electron chi connectivity index (χ3n) is 5.23. The second-order valence-electron chi connectivity index (χ2n) is 7.30. The van der Waals surface area contributed by atoms with E-state index in [1.54, 1.807) is 55.6 Å². The van der Waals surface area contributed by atoms with E-state index >= 15 is 0 Å². The van der Waals surface area contributed by atoms with Gasteiger partial charge in [-0.05, 0) is 47.0 Å². The predicted octanol–water partition coefficient (Wildman–Crippen LogP) is 4.30. The first-order chi connectivity index (χ1) is 15.6. The molecule has 4 rings (SSSR count). The molecule has 0 aliphatic carbocycles. The van der Waals surface area contributed by atoms with Crippen LogP contribution in [0.15, 0.2) is 78.0 Å². The number of halogens is 1. The molecular formula is C25H21FN2O4. The molecule has 0 bridgehead atoms. The van der Waals surface area contributed by atoms with Crippen molar-refractivity contribution in [3.63, 3.8) is 0 Å². The largest absolute Gasteiger partial charge is 0.497 e. The van der Waals surface area contributed by atoms with E-state index in [0.717, 1.165) is 11.1 Å². The number of nitrogens with zero attached hydrogens (tertiary/aromatic N) is 2. The van der Waals surface area contributed by atoms with Gasteiger partial charge >= 0.3 is 0 Å². The molecule has 0 radical (unpaired) electrons. The Kier molecular flexibility index (Phi) is 6.26. The number of carbonyl (C=O) groups excluding carboxylic acids is 2. The van der Waals surface area contributed by atoms with E-state index < -0.39 is 5.92 Å². The van der Waals surface area contributed by atoms with Crippen LogP contribution in [0.25, 0.3) is 0 Å². The summed E-state index contributed by atoms with van der Waals surface area (Å²) in [6.07, 6.45) is 1.40. The van der Waals surface area contributed by atoms with Crippen molar-refractivity contribution in [2.45, 2.75) is 19.1 Å². The summed E-state index contributed by atoms with van der Waals surface area (Å²) >= 11 is 0. The first kappa shape index (κ1) is 21.2. The molecule has 1 atom stereocenters. The number of benzene rings is 3. The lowest BCUT2D eigenvalue weighted by Crippen LogP contribution is -2.44. The van der Waals surface area contributed by atoms with Crippen molar-refractivity contribution in [1.29, 1.82) is 0 Å². The second-order valence-corrected chi connectivity index (χ2v) is 7.30. The SMILES string of the molecule is COc1ccc(CN2C(=O)c3ccccc3C(/C=N/OCc3ccc(F)cc3)C2=O)cc1. The zero-order valence-electron chi connectivity index (χ0n) is 17.4. The van der Waals surface area contributed by atoms with Gasteiger partial charge in [-0.2, -0.15) is 0 Å². The summed E-state index contributed by atoms with van der Waals surface area (Å²) in [6, 6.07) is 20.0. The number of hydrogen-bond acceptors (Lipinski definition) is 5. The Bertz CT molecular complexity index is 1140. The zero-order chi connectivity index (χ0) is 22.5. The van der Waals surface area contributed by atoms with Crippen LogP contribution in [0.2, 0.25) is 0 Å². The maximum Gasteiger partial charge on any atom is 0.261 e. The third-order valence-corrected chi connectivity index (χ3v) is 5.23. The average Bonchev–Trinajstić information content (AvgIpc) is 2.83. The molecule has 0 N–H and O–H groups in total. The Morgan fingerprint density at radius 1 is 0.969 bits per heavy atom. The van der Waals surface area contributed by atoms with Crippen molar-refractivity contribution in [2.24, 2.45) is 5.16 Å². The summed E-state index contributed by atoms with van der Waals surface area (Å²) in [6.45, 7) is 0.268. The van der Waals surface area contributed by atoms with Gasteiger partial charge in [-0.25, -0.2) is 4.39 Å². The number of imide groups is 1. The van der Waals surface area contributed by atoms with E-state index in [0.29, 0.717) is 16.9 Å². The standard InChI is InChI=1S/C25H21FN2O4/c1-31-20-12-8-17(9-13-20)15-28-24(29)22-5-3-2-4-21(22)23(25(28)30)14-27-32-16-18-6-10-19(26)11-7-18/h2-14,23H,15-16H2,1H3/b27-14+. The molecule has 1 aliphatic rings. The molecule has 7 heteroatoms. The molecule has 32 heavy (non-hydrogen) atoms. The van der Waals surface area contributed by atoms with Crippen LogP contribution in [0, 0.1) is 5.82 Å². The number of methoxy groups -OCH3 is 1. The van der Waals surface area contributed by atoms with Crippen molar-refractivity contribution in [1.82, 2.24) is 4.90 Å². The molecule has 0 saturated heterocycles. The highest BCUT2D eigenvalue weighted by molar-refractivity contribution is 6.16. The van der Waals surface area contributed by atoms with E-state index in [4.69, 9.17) is 9.57 Å². The van der Waals surface area contributed by atoms with Crippen molar-refractivity contribution < 1.29 is 23.6 Å². The van der Waals surface area contributed by atoms with Crippen LogP contribution in [-0.2, 0) is 22.8 Å². The molecule has 1 aliphatic heterocycles. The number of amides is 2. The molecule has 3 aromatic carbocycles.